The van der Waals surface area contributed by atoms with Crippen LogP contribution in [0.2, 0.25) is 0 Å². The third-order valence-electron chi connectivity index (χ3n) is 3.31. The number of pyridine rings is 1. The van der Waals surface area contributed by atoms with Crippen molar-refractivity contribution in [3.05, 3.63) is 59.5 Å². The summed E-state index contributed by atoms with van der Waals surface area (Å²) in [4.78, 5) is 5.75. The number of anilines is 1. The van der Waals surface area contributed by atoms with Crippen molar-refractivity contribution in [2.45, 2.75) is 24.5 Å². The standard InChI is InChI=1S/C16H17N3S/c1-11-6-7-15-18-13(9-19(15)8-11)10-20-14-5-3-4-12(2)16(14)17/h3-9H,10,17H2,1-2H3. The summed E-state index contributed by atoms with van der Waals surface area (Å²) in [5.41, 5.74) is 11.4. The maximum Gasteiger partial charge on any atom is 0.137 e. The second-order valence-corrected chi connectivity index (χ2v) is 6.00. The monoisotopic (exact) mass is 283 g/mol. The van der Waals surface area contributed by atoms with E-state index in [1.165, 1.54) is 5.56 Å². The van der Waals surface area contributed by atoms with Gasteiger partial charge in [-0.15, -0.1) is 11.8 Å². The van der Waals surface area contributed by atoms with E-state index >= 15 is 0 Å². The van der Waals surface area contributed by atoms with E-state index in [4.69, 9.17) is 5.73 Å². The van der Waals surface area contributed by atoms with Crippen LogP contribution < -0.4 is 5.73 Å². The summed E-state index contributed by atoms with van der Waals surface area (Å²) in [6.07, 6.45) is 4.18. The summed E-state index contributed by atoms with van der Waals surface area (Å²) in [6, 6.07) is 10.3. The number of fused-ring (bicyclic) bond motifs is 1. The molecule has 0 bridgehead atoms. The van der Waals surface area contributed by atoms with Crippen LogP contribution in [0.25, 0.3) is 5.65 Å². The average Bonchev–Trinajstić information content (AvgIpc) is 2.82. The molecule has 0 spiro atoms. The number of benzene rings is 1. The first-order valence-corrected chi connectivity index (χ1v) is 7.54. The Hall–Kier alpha value is -1.94. The molecule has 0 aliphatic carbocycles. The lowest BCUT2D eigenvalue weighted by Crippen LogP contribution is -1.92. The zero-order valence-corrected chi connectivity index (χ0v) is 12.4. The fraction of sp³-hybridized carbons (Fsp3) is 0.188. The van der Waals surface area contributed by atoms with Crippen LogP contribution >= 0.6 is 11.8 Å². The highest BCUT2D eigenvalue weighted by Crippen LogP contribution is 2.29. The van der Waals surface area contributed by atoms with E-state index in [0.29, 0.717) is 0 Å². The summed E-state index contributed by atoms with van der Waals surface area (Å²) in [6.45, 7) is 4.12. The molecule has 2 heterocycles. The number of imidazole rings is 1. The van der Waals surface area contributed by atoms with Crippen molar-refractivity contribution in [2.75, 3.05) is 5.73 Å². The van der Waals surface area contributed by atoms with Gasteiger partial charge in [0.25, 0.3) is 0 Å². The lowest BCUT2D eigenvalue weighted by Gasteiger charge is -2.06. The molecule has 1 aromatic carbocycles. The Morgan fingerprint density at radius 1 is 1.15 bits per heavy atom. The van der Waals surface area contributed by atoms with Gasteiger partial charge in [0, 0.05) is 28.7 Å². The largest absolute Gasteiger partial charge is 0.398 e. The Bertz CT molecular complexity index is 762. The van der Waals surface area contributed by atoms with E-state index in [9.17, 15) is 0 Å². The lowest BCUT2D eigenvalue weighted by atomic mass is 10.2. The third kappa shape index (κ3) is 2.51. The molecule has 0 aliphatic rings. The first kappa shape index (κ1) is 13.1. The maximum absolute atomic E-state index is 6.10. The molecule has 2 N–H and O–H groups in total. The highest BCUT2D eigenvalue weighted by Gasteiger charge is 2.06. The van der Waals surface area contributed by atoms with Crippen LogP contribution in [0.1, 0.15) is 16.8 Å². The molecule has 102 valence electrons. The van der Waals surface area contributed by atoms with Gasteiger partial charge in [0.2, 0.25) is 0 Å². The molecule has 0 saturated carbocycles. The number of nitrogens with zero attached hydrogens (tertiary/aromatic N) is 2. The van der Waals surface area contributed by atoms with Crippen molar-refractivity contribution >= 4 is 23.1 Å². The molecule has 0 unspecified atom stereocenters. The second-order valence-electron chi connectivity index (χ2n) is 4.98. The minimum atomic E-state index is 0.828. The van der Waals surface area contributed by atoms with Crippen molar-refractivity contribution in [1.82, 2.24) is 9.38 Å². The van der Waals surface area contributed by atoms with Gasteiger partial charge < -0.3 is 10.1 Å². The molecule has 20 heavy (non-hydrogen) atoms. The van der Waals surface area contributed by atoms with E-state index in [1.54, 1.807) is 11.8 Å². The van der Waals surface area contributed by atoms with Crippen molar-refractivity contribution in [1.29, 1.82) is 0 Å². The lowest BCUT2D eigenvalue weighted by molar-refractivity contribution is 1.15. The van der Waals surface area contributed by atoms with Gasteiger partial charge in [-0.05, 0) is 37.1 Å². The highest BCUT2D eigenvalue weighted by atomic mass is 32.2. The van der Waals surface area contributed by atoms with Gasteiger partial charge >= 0.3 is 0 Å². The van der Waals surface area contributed by atoms with Crippen molar-refractivity contribution < 1.29 is 0 Å². The van der Waals surface area contributed by atoms with E-state index in [2.05, 4.69) is 40.8 Å². The Labute approximate surface area is 122 Å². The zero-order valence-electron chi connectivity index (χ0n) is 11.6. The average molecular weight is 283 g/mol. The fourth-order valence-corrected chi connectivity index (χ4v) is 3.09. The number of para-hydroxylation sites is 1. The van der Waals surface area contributed by atoms with Crippen molar-refractivity contribution in [3.63, 3.8) is 0 Å². The first-order valence-electron chi connectivity index (χ1n) is 6.55. The molecular weight excluding hydrogens is 266 g/mol. The minimum absolute atomic E-state index is 0.828. The van der Waals surface area contributed by atoms with E-state index in [-0.39, 0.29) is 0 Å². The van der Waals surface area contributed by atoms with Gasteiger partial charge in [-0.3, -0.25) is 0 Å². The second kappa shape index (κ2) is 5.21. The van der Waals surface area contributed by atoms with Crippen LogP contribution in [0.4, 0.5) is 5.69 Å². The summed E-state index contributed by atoms with van der Waals surface area (Å²) >= 11 is 1.73. The number of nitrogen functional groups attached to an aromatic ring is 1. The predicted octanol–water partition coefficient (Wildman–Crippen LogP) is 3.83. The van der Waals surface area contributed by atoms with Gasteiger partial charge in [-0.1, -0.05) is 18.2 Å². The van der Waals surface area contributed by atoms with Crippen LogP contribution in [0.5, 0.6) is 0 Å². The molecule has 2 aromatic heterocycles. The van der Waals surface area contributed by atoms with Gasteiger partial charge in [-0.2, -0.15) is 0 Å². The zero-order chi connectivity index (χ0) is 14.1. The van der Waals surface area contributed by atoms with Crippen LogP contribution in [-0.4, -0.2) is 9.38 Å². The van der Waals surface area contributed by atoms with Crippen molar-refractivity contribution in [3.8, 4) is 0 Å². The molecule has 0 saturated heterocycles. The number of rotatable bonds is 3. The number of aryl methyl sites for hydroxylation is 2. The fourth-order valence-electron chi connectivity index (χ4n) is 2.16. The Balaban J connectivity index is 1.81. The molecule has 3 nitrogen and oxygen atoms in total. The molecule has 0 radical (unpaired) electrons. The van der Waals surface area contributed by atoms with Gasteiger partial charge in [0.05, 0.1) is 5.69 Å². The number of nitrogens with two attached hydrogens (primary N) is 1. The van der Waals surface area contributed by atoms with Crippen LogP contribution in [0, 0.1) is 13.8 Å². The molecule has 3 rings (SSSR count). The molecule has 0 aliphatic heterocycles. The molecular formula is C16H17N3S. The van der Waals surface area contributed by atoms with Crippen LogP contribution in [0.3, 0.4) is 0 Å². The van der Waals surface area contributed by atoms with E-state index < -0.39 is 0 Å². The summed E-state index contributed by atoms with van der Waals surface area (Å²) in [5, 5.41) is 0. The first-order chi connectivity index (χ1) is 9.63. The SMILES string of the molecule is Cc1ccc2nc(CSc3cccc(C)c3N)cn2c1. The smallest absolute Gasteiger partial charge is 0.137 e. The highest BCUT2D eigenvalue weighted by molar-refractivity contribution is 7.98. The van der Waals surface area contributed by atoms with E-state index in [0.717, 1.165) is 33.2 Å². The Morgan fingerprint density at radius 2 is 2.00 bits per heavy atom. The molecule has 4 heteroatoms. The van der Waals surface area contributed by atoms with E-state index in [1.807, 2.05) is 25.1 Å². The topological polar surface area (TPSA) is 43.3 Å². The van der Waals surface area contributed by atoms with Crippen LogP contribution in [-0.2, 0) is 5.75 Å². The number of hydrogen-bond donors (Lipinski definition) is 1. The number of aromatic nitrogens is 2. The Morgan fingerprint density at radius 3 is 2.85 bits per heavy atom. The summed E-state index contributed by atoms with van der Waals surface area (Å²) in [7, 11) is 0. The minimum Gasteiger partial charge on any atom is -0.398 e. The van der Waals surface area contributed by atoms with Gasteiger partial charge in [0.15, 0.2) is 0 Å². The van der Waals surface area contributed by atoms with Gasteiger partial charge in [0.1, 0.15) is 5.65 Å². The molecule has 3 aromatic rings. The number of thioether (sulfide) groups is 1. The normalized spacial score (nSPS) is 11.1. The number of hydrogen-bond acceptors (Lipinski definition) is 3. The summed E-state index contributed by atoms with van der Waals surface area (Å²) in [5.74, 6) is 0.828. The Kier molecular flexibility index (Phi) is 3.40. The predicted molar refractivity (Wildman–Crippen MR) is 85.1 cm³/mol. The molecule has 0 atom stereocenters. The summed E-state index contributed by atoms with van der Waals surface area (Å²) < 4.78 is 2.07. The van der Waals surface area contributed by atoms with Crippen molar-refractivity contribution in [2.24, 2.45) is 0 Å². The van der Waals surface area contributed by atoms with Gasteiger partial charge in [-0.25, -0.2) is 4.98 Å². The molecule has 0 amide bonds. The molecule has 0 fully saturated rings. The third-order valence-corrected chi connectivity index (χ3v) is 4.42. The quantitative estimate of drug-likeness (QED) is 0.587. The maximum atomic E-state index is 6.10. The van der Waals surface area contributed by atoms with Crippen LogP contribution in [0.15, 0.2) is 47.6 Å².